The molecular formula is C5H4S3. The van der Waals surface area contributed by atoms with E-state index in [-0.39, 0.29) is 0 Å². The molecule has 0 aromatic heterocycles. The van der Waals surface area contributed by atoms with Gasteiger partial charge < -0.3 is 0 Å². The summed E-state index contributed by atoms with van der Waals surface area (Å²) in [7, 11) is 0. The van der Waals surface area contributed by atoms with Gasteiger partial charge in [-0.15, -0.1) is 17.5 Å². The van der Waals surface area contributed by atoms with E-state index in [4.69, 9.17) is 12.2 Å². The summed E-state index contributed by atoms with van der Waals surface area (Å²) in [6.45, 7) is 3.52. The fourth-order valence-corrected chi connectivity index (χ4v) is 2.60. The van der Waals surface area contributed by atoms with Crippen molar-refractivity contribution in [2.24, 2.45) is 0 Å². The van der Waals surface area contributed by atoms with E-state index in [2.05, 4.69) is 12.3 Å². The summed E-state index contributed by atoms with van der Waals surface area (Å²) in [6.07, 6.45) is 0. The lowest BCUT2D eigenvalue weighted by molar-refractivity contribution is 1.77. The number of thioether (sulfide) groups is 2. The van der Waals surface area contributed by atoms with Crippen LogP contribution in [0.15, 0.2) is 17.2 Å². The van der Waals surface area contributed by atoms with Gasteiger partial charge in [0.05, 0.1) is 0 Å². The Hall–Kier alpha value is 0.310. The number of thiocarbonyl (C=S) groups is 1. The van der Waals surface area contributed by atoms with Crippen molar-refractivity contribution in [1.29, 1.82) is 0 Å². The summed E-state index contributed by atoms with van der Waals surface area (Å²) >= 11 is 8.19. The molecule has 42 valence electrons. The molecule has 0 unspecified atom stereocenters. The third-order valence-electron chi connectivity index (χ3n) is 0.725. The molecule has 0 radical (unpaired) electrons. The molecule has 0 bridgehead atoms. The largest absolute Gasteiger partial charge is 0.117 e. The van der Waals surface area contributed by atoms with Crippen LogP contribution in [0.25, 0.3) is 0 Å². The van der Waals surface area contributed by atoms with Crippen molar-refractivity contribution in [2.45, 2.75) is 0 Å². The molecule has 0 amide bonds. The molecule has 1 heterocycles. The zero-order valence-electron chi connectivity index (χ0n) is 4.14. The normalized spacial score (nSPS) is 19.0. The van der Waals surface area contributed by atoms with Gasteiger partial charge >= 0.3 is 0 Å². The van der Waals surface area contributed by atoms with Gasteiger partial charge in [-0.25, -0.2) is 0 Å². The minimum absolute atomic E-state index is 0.979. The Morgan fingerprint density at radius 2 is 2.50 bits per heavy atom. The molecule has 8 heavy (non-hydrogen) atoms. The first kappa shape index (κ1) is 6.43. The predicted octanol–water partition coefficient (Wildman–Crippen LogP) is 2.42. The highest BCUT2D eigenvalue weighted by Gasteiger charge is 2.11. The molecule has 0 nitrogen and oxygen atoms in total. The smallest absolute Gasteiger partial charge is 0.109 e. The standard InChI is InChI=1S/C5H4S3/c1-2-4-3-7-5(6)8-4/h1,3H2. The molecule has 1 aliphatic heterocycles. The first-order valence-electron chi connectivity index (χ1n) is 2.06. The Morgan fingerprint density at radius 1 is 1.75 bits per heavy atom. The van der Waals surface area contributed by atoms with E-state index in [9.17, 15) is 0 Å². The first-order valence-corrected chi connectivity index (χ1v) is 4.27. The van der Waals surface area contributed by atoms with Crippen LogP contribution in [0, 0.1) is 0 Å². The maximum Gasteiger partial charge on any atom is 0.109 e. The van der Waals surface area contributed by atoms with E-state index in [1.165, 1.54) is 4.91 Å². The van der Waals surface area contributed by atoms with Gasteiger partial charge in [-0.05, 0) is 0 Å². The summed E-state index contributed by atoms with van der Waals surface area (Å²) in [4.78, 5) is 1.17. The van der Waals surface area contributed by atoms with Gasteiger partial charge in [0, 0.05) is 10.7 Å². The van der Waals surface area contributed by atoms with Crippen molar-refractivity contribution in [3.05, 3.63) is 17.2 Å². The molecule has 0 N–H and O–H groups in total. The fourth-order valence-electron chi connectivity index (χ4n) is 0.371. The van der Waals surface area contributed by atoms with Crippen LogP contribution in [-0.4, -0.2) is 9.28 Å². The van der Waals surface area contributed by atoms with Crippen LogP contribution >= 0.6 is 35.7 Å². The zero-order valence-corrected chi connectivity index (χ0v) is 6.59. The summed E-state index contributed by atoms with van der Waals surface area (Å²) < 4.78 is 0.996. The molecule has 0 aliphatic carbocycles. The van der Waals surface area contributed by atoms with Crippen molar-refractivity contribution in [3.63, 3.8) is 0 Å². The molecule has 3 heteroatoms. The topological polar surface area (TPSA) is 0 Å². The van der Waals surface area contributed by atoms with Crippen molar-refractivity contribution in [3.8, 4) is 0 Å². The van der Waals surface area contributed by atoms with E-state index < -0.39 is 0 Å². The molecule has 1 saturated heterocycles. The Labute approximate surface area is 62.4 Å². The van der Waals surface area contributed by atoms with E-state index in [0.717, 1.165) is 9.28 Å². The van der Waals surface area contributed by atoms with Crippen LogP contribution in [0.3, 0.4) is 0 Å². The van der Waals surface area contributed by atoms with Crippen molar-refractivity contribution < 1.29 is 0 Å². The van der Waals surface area contributed by atoms with E-state index in [0.29, 0.717) is 0 Å². The van der Waals surface area contributed by atoms with Gasteiger partial charge in [-0.1, -0.05) is 30.6 Å². The van der Waals surface area contributed by atoms with Gasteiger partial charge in [-0.2, -0.15) is 0 Å². The SMILES string of the molecule is C=C=C1CSC(=S)S1. The molecular weight excluding hydrogens is 156 g/mol. The highest BCUT2D eigenvalue weighted by molar-refractivity contribution is 8.51. The average molecular weight is 160 g/mol. The number of rotatable bonds is 0. The van der Waals surface area contributed by atoms with Gasteiger partial charge in [0.1, 0.15) is 3.53 Å². The lowest BCUT2D eigenvalue weighted by Crippen LogP contribution is -1.63. The Kier molecular flexibility index (Phi) is 2.20. The second-order valence-electron chi connectivity index (χ2n) is 1.24. The zero-order chi connectivity index (χ0) is 5.98. The highest BCUT2D eigenvalue weighted by atomic mass is 32.2. The predicted molar refractivity (Wildman–Crippen MR) is 45.3 cm³/mol. The Morgan fingerprint density at radius 3 is 2.75 bits per heavy atom. The summed E-state index contributed by atoms with van der Waals surface area (Å²) in [6, 6.07) is 0. The van der Waals surface area contributed by atoms with Crippen molar-refractivity contribution >= 4 is 39.3 Å². The van der Waals surface area contributed by atoms with Crippen molar-refractivity contribution in [2.75, 3.05) is 5.75 Å². The second kappa shape index (κ2) is 2.74. The minimum Gasteiger partial charge on any atom is -0.117 e. The number of hydrogen-bond acceptors (Lipinski definition) is 3. The Bertz CT molecular complexity index is 165. The summed E-state index contributed by atoms with van der Waals surface area (Å²) in [5.74, 6) is 0.979. The second-order valence-corrected chi connectivity index (χ2v) is 4.51. The third kappa shape index (κ3) is 1.39. The quantitative estimate of drug-likeness (QED) is 0.394. The van der Waals surface area contributed by atoms with E-state index >= 15 is 0 Å². The minimum atomic E-state index is 0.979. The maximum absolute atomic E-state index is 4.90. The fraction of sp³-hybridized carbons (Fsp3) is 0.200. The van der Waals surface area contributed by atoms with Crippen molar-refractivity contribution in [1.82, 2.24) is 0 Å². The number of hydrogen-bond donors (Lipinski definition) is 0. The summed E-state index contributed by atoms with van der Waals surface area (Å²) in [5.41, 5.74) is 2.82. The highest BCUT2D eigenvalue weighted by Crippen LogP contribution is 2.34. The average Bonchev–Trinajstić information content (AvgIpc) is 2.14. The van der Waals surface area contributed by atoms with Crippen LogP contribution in [-0.2, 0) is 0 Å². The molecule has 1 fully saturated rings. The van der Waals surface area contributed by atoms with E-state index in [1.807, 2.05) is 0 Å². The molecule has 0 aromatic carbocycles. The molecule has 0 atom stereocenters. The van der Waals surface area contributed by atoms with Gasteiger partial charge in [0.25, 0.3) is 0 Å². The Balaban J connectivity index is 2.70. The lowest BCUT2D eigenvalue weighted by atomic mass is 10.7. The maximum atomic E-state index is 4.90. The molecule has 1 rings (SSSR count). The molecule has 1 aliphatic rings. The summed E-state index contributed by atoms with van der Waals surface area (Å²) in [5, 5.41) is 0. The third-order valence-corrected chi connectivity index (χ3v) is 3.49. The van der Waals surface area contributed by atoms with Gasteiger partial charge in [0.2, 0.25) is 0 Å². The van der Waals surface area contributed by atoms with Crippen LogP contribution in [0.2, 0.25) is 0 Å². The van der Waals surface area contributed by atoms with E-state index in [1.54, 1.807) is 23.5 Å². The molecule has 0 saturated carbocycles. The molecule has 0 spiro atoms. The van der Waals surface area contributed by atoms with Crippen LogP contribution in [0.5, 0.6) is 0 Å². The lowest BCUT2D eigenvalue weighted by Gasteiger charge is -1.78. The van der Waals surface area contributed by atoms with Gasteiger partial charge in [-0.3, -0.25) is 0 Å². The van der Waals surface area contributed by atoms with Gasteiger partial charge in [0.15, 0.2) is 0 Å². The van der Waals surface area contributed by atoms with Crippen LogP contribution in [0.4, 0.5) is 0 Å². The van der Waals surface area contributed by atoms with Crippen LogP contribution < -0.4 is 0 Å². The van der Waals surface area contributed by atoms with Crippen LogP contribution in [0.1, 0.15) is 0 Å². The first-order chi connectivity index (χ1) is 3.83. The monoisotopic (exact) mass is 160 g/mol. The molecule has 0 aromatic rings.